The van der Waals surface area contributed by atoms with Gasteiger partial charge >= 0.3 is 0 Å². The van der Waals surface area contributed by atoms with Gasteiger partial charge in [0, 0.05) is 11.7 Å². The van der Waals surface area contributed by atoms with Crippen LogP contribution in [-0.4, -0.2) is 27.4 Å². The Labute approximate surface area is 163 Å². The van der Waals surface area contributed by atoms with E-state index in [4.69, 9.17) is 0 Å². The molecule has 0 saturated heterocycles. The number of nitrogens with one attached hydrogen (secondary N) is 1. The number of anilines is 2. The van der Waals surface area contributed by atoms with Gasteiger partial charge in [-0.1, -0.05) is 31.2 Å². The Hall–Kier alpha value is -3.15. The van der Waals surface area contributed by atoms with Crippen molar-refractivity contribution < 1.29 is 9.59 Å². The van der Waals surface area contributed by atoms with Crippen LogP contribution >= 0.6 is 0 Å². The second-order valence-corrected chi connectivity index (χ2v) is 7.53. The Balaban J connectivity index is 1.43. The van der Waals surface area contributed by atoms with Gasteiger partial charge in [-0.05, 0) is 49.1 Å². The maximum absolute atomic E-state index is 13.1. The summed E-state index contributed by atoms with van der Waals surface area (Å²) in [5, 5.41) is 2.93. The first kappa shape index (κ1) is 17.0. The lowest BCUT2D eigenvalue weighted by molar-refractivity contribution is -0.124. The lowest BCUT2D eigenvalue weighted by Gasteiger charge is -2.15. The molecule has 2 heterocycles. The molecule has 1 fully saturated rings. The first-order valence-corrected chi connectivity index (χ1v) is 9.84. The summed E-state index contributed by atoms with van der Waals surface area (Å²) in [4.78, 5) is 32.3. The highest BCUT2D eigenvalue weighted by molar-refractivity contribution is 6.05. The molecular formula is C22H22N4O2. The fourth-order valence-corrected chi connectivity index (χ4v) is 3.94. The molecule has 6 nitrogen and oxygen atoms in total. The number of fused-ring (bicyclic) bond motifs is 3. The summed E-state index contributed by atoms with van der Waals surface area (Å²) < 4.78 is 1.94. The predicted molar refractivity (Wildman–Crippen MR) is 108 cm³/mol. The molecule has 2 amide bonds. The van der Waals surface area contributed by atoms with E-state index >= 15 is 0 Å². The number of nitrogens with zero attached hydrogens (tertiary/aromatic N) is 3. The maximum Gasteiger partial charge on any atom is 0.253 e. The Morgan fingerprint density at radius 3 is 2.61 bits per heavy atom. The van der Waals surface area contributed by atoms with Crippen LogP contribution in [0.3, 0.4) is 0 Å². The summed E-state index contributed by atoms with van der Waals surface area (Å²) in [5.74, 6) is 0.495. The van der Waals surface area contributed by atoms with Crippen molar-refractivity contribution in [3.8, 4) is 0 Å². The fourth-order valence-electron chi connectivity index (χ4n) is 3.94. The molecule has 1 aliphatic carbocycles. The number of hydrogen-bond donors (Lipinski definition) is 1. The highest BCUT2D eigenvalue weighted by Crippen LogP contribution is 2.42. The summed E-state index contributed by atoms with van der Waals surface area (Å²) in [6.07, 6.45) is 3.05. The van der Waals surface area contributed by atoms with Gasteiger partial charge in [0.05, 0.1) is 17.5 Å². The summed E-state index contributed by atoms with van der Waals surface area (Å²) in [6, 6.07) is 15.3. The summed E-state index contributed by atoms with van der Waals surface area (Å²) >= 11 is 0. The highest BCUT2D eigenvalue weighted by atomic mass is 16.2. The Morgan fingerprint density at radius 1 is 1.14 bits per heavy atom. The van der Waals surface area contributed by atoms with Crippen molar-refractivity contribution in [1.29, 1.82) is 0 Å². The van der Waals surface area contributed by atoms with Crippen LogP contribution in [0, 0.1) is 0 Å². The molecule has 1 aromatic heterocycles. The number of aryl methyl sites for hydroxylation is 1. The van der Waals surface area contributed by atoms with Gasteiger partial charge in [0.1, 0.15) is 6.04 Å². The molecule has 1 atom stereocenters. The molecule has 1 saturated carbocycles. The van der Waals surface area contributed by atoms with Crippen LogP contribution in [0.2, 0.25) is 0 Å². The molecule has 1 N–H and O–H groups in total. The lowest BCUT2D eigenvalue weighted by Crippen LogP contribution is -2.33. The normalized spacial score (nSPS) is 18.5. The van der Waals surface area contributed by atoms with Gasteiger partial charge in [0.25, 0.3) is 5.91 Å². The van der Waals surface area contributed by atoms with Crippen LogP contribution in [0.15, 0.2) is 48.5 Å². The molecular weight excluding hydrogens is 352 g/mol. The highest BCUT2D eigenvalue weighted by Gasteiger charge is 2.47. The number of aromatic nitrogens is 2. The Kier molecular flexibility index (Phi) is 3.93. The largest absolute Gasteiger partial charge is 0.326 e. The minimum Gasteiger partial charge on any atom is -0.326 e. The average Bonchev–Trinajstić information content (AvgIpc) is 3.41. The quantitative estimate of drug-likeness (QED) is 0.741. The SMILES string of the molecule is CCc1ccc(NC(=O)C[C@H]2C(=O)N(C3CC3)c3nc4ccccc4n32)cc1. The van der Waals surface area contributed by atoms with Gasteiger partial charge < -0.3 is 5.32 Å². The Morgan fingerprint density at radius 2 is 1.89 bits per heavy atom. The first-order valence-electron chi connectivity index (χ1n) is 9.84. The van der Waals surface area contributed by atoms with Crippen molar-refractivity contribution in [3.63, 3.8) is 0 Å². The number of carbonyl (C=O) groups excluding carboxylic acids is 2. The minimum absolute atomic E-state index is 0.0211. The molecule has 2 aliphatic rings. The molecule has 0 radical (unpaired) electrons. The average molecular weight is 374 g/mol. The van der Waals surface area contributed by atoms with Crippen LogP contribution < -0.4 is 10.2 Å². The third kappa shape index (κ3) is 2.76. The van der Waals surface area contributed by atoms with Gasteiger partial charge in [0.2, 0.25) is 11.9 Å². The van der Waals surface area contributed by atoms with Gasteiger partial charge in [0.15, 0.2) is 0 Å². The van der Waals surface area contributed by atoms with E-state index in [1.807, 2.05) is 53.1 Å². The minimum atomic E-state index is -0.544. The molecule has 3 aromatic rings. The second-order valence-electron chi connectivity index (χ2n) is 7.53. The molecule has 0 spiro atoms. The molecule has 2 aromatic carbocycles. The van der Waals surface area contributed by atoms with E-state index in [0.29, 0.717) is 5.95 Å². The van der Waals surface area contributed by atoms with Crippen molar-refractivity contribution in [2.24, 2.45) is 0 Å². The number of amides is 2. The standard InChI is InChI=1S/C22H22N4O2/c1-2-14-7-9-15(10-8-14)23-20(27)13-19-21(28)25(16-11-12-16)22-24-17-5-3-4-6-18(17)26(19)22/h3-10,16,19H,2,11-13H2,1H3,(H,23,27)/t19-/m0/s1. The van der Waals surface area contributed by atoms with Crippen molar-refractivity contribution in [3.05, 3.63) is 54.1 Å². The second kappa shape index (κ2) is 6.48. The summed E-state index contributed by atoms with van der Waals surface area (Å²) in [5.41, 5.74) is 3.73. The summed E-state index contributed by atoms with van der Waals surface area (Å²) in [6.45, 7) is 2.10. The zero-order valence-electron chi connectivity index (χ0n) is 15.8. The van der Waals surface area contributed by atoms with Crippen molar-refractivity contribution in [2.45, 2.75) is 44.7 Å². The Bertz CT molecular complexity index is 1070. The van der Waals surface area contributed by atoms with Gasteiger partial charge in [-0.25, -0.2) is 4.98 Å². The molecule has 28 heavy (non-hydrogen) atoms. The zero-order chi connectivity index (χ0) is 19.3. The molecule has 0 bridgehead atoms. The monoisotopic (exact) mass is 374 g/mol. The van der Waals surface area contributed by atoms with Crippen LogP contribution in [-0.2, 0) is 16.0 Å². The molecule has 5 rings (SSSR count). The van der Waals surface area contributed by atoms with E-state index < -0.39 is 6.04 Å². The number of carbonyl (C=O) groups is 2. The van der Waals surface area contributed by atoms with E-state index in [-0.39, 0.29) is 24.3 Å². The van der Waals surface area contributed by atoms with Crippen LogP contribution in [0.1, 0.15) is 37.8 Å². The van der Waals surface area contributed by atoms with Crippen LogP contribution in [0.5, 0.6) is 0 Å². The topological polar surface area (TPSA) is 67.2 Å². The molecule has 0 unspecified atom stereocenters. The van der Waals surface area contributed by atoms with Gasteiger partial charge in [-0.2, -0.15) is 0 Å². The number of rotatable bonds is 5. The van der Waals surface area contributed by atoms with E-state index in [2.05, 4.69) is 17.2 Å². The number of benzene rings is 2. The van der Waals surface area contributed by atoms with Gasteiger partial charge in [-0.15, -0.1) is 0 Å². The zero-order valence-corrected chi connectivity index (χ0v) is 15.8. The molecule has 142 valence electrons. The van der Waals surface area contributed by atoms with E-state index in [1.54, 1.807) is 4.90 Å². The van der Waals surface area contributed by atoms with Crippen molar-refractivity contribution in [2.75, 3.05) is 10.2 Å². The van der Waals surface area contributed by atoms with Crippen LogP contribution in [0.4, 0.5) is 11.6 Å². The number of imidazole rings is 1. The lowest BCUT2D eigenvalue weighted by atomic mass is 10.1. The van der Waals surface area contributed by atoms with E-state index in [0.717, 1.165) is 36.0 Å². The van der Waals surface area contributed by atoms with Crippen molar-refractivity contribution >= 4 is 34.5 Å². The summed E-state index contributed by atoms with van der Waals surface area (Å²) in [7, 11) is 0. The van der Waals surface area contributed by atoms with Gasteiger partial charge in [-0.3, -0.25) is 19.1 Å². The van der Waals surface area contributed by atoms with E-state index in [1.165, 1.54) is 5.56 Å². The van der Waals surface area contributed by atoms with Crippen LogP contribution in [0.25, 0.3) is 11.0 Å². The number of hydrogen-bond acceptors (Lipinski definition) is 3. The molecule has 6 heteroatoms. The predicted octanol–water partition coefficient (Wildman–Crippen LogP) is 3.68. The third-order valence-corrected chi connectivity index (χ3v) is 5.56. The fraction of sp³-hybridized carbons (Fsp3) is 0.318. The first-order chi connectivity index (χ1) is 13.7. The number of para-hydroxylation sites is 2. The van der Waals surface area contributed by atoms with E-state index in [9.17, 15) is 9.59 Å². The van der Waals surface area contributed by atoms with Crippen molar-refractivity contribution in [1.82, 2.24) is 9.55 Å². The maximum atomic E-state index is 13.1. The third-order valence-electron chi connectivity index (χ3n) is 5.56. The smallest absolute Gasteiger partial charge is 0.253 e. The molecule has 1 aliphatic heterocycles.